The standard InChI is InChI=1S/C20H20F3N3O2/c1-3-5-13(27)26-7-4-6-11(9-26)14-15-12(8-21)10(2)25-19(15)16(20(24)28)18(23)17(14)22/h11,25H,4,6-9H2,1-2H3,(H2,24,28). The van der Waals surface area contributed by atoms with Crippen molar-refractivity contribution in [1.29, 1.82) is 0 Å². The Hall–Kier alpha value is -2.95. The molecular weight excluding hydrogens is 371 g/mol. The maximum absolute atomic E-state index is 15.1. The number of nitrogens with two attached hydrogens (primary N) is 1. The molecule has 1 aromatic carbocycles. The van der Waals surface area contributed by atoms with Crippen molar-refractivity contribution in [2.75, 3.05) is 13.1 Å². The van der Waals surface area contributed by atoms with E-state index in [1.54, 1.807) is 6.92 Å². The molecule has 1 unspecified atom stereocenters. The number of aromatic amines is 1. The first-order valence-electron chi connectivity index (χ1n) is 8.91. The van der Waals surface area contributed by atoms with Crippen LogP contribution >= 0.6 is 0 Å². The summed E-state index contributed by atoms with van der Waals surface area (Å²) >= 11 is 0. The number of amides is 2. The second-order valence-electron chi connectivity index (χ2n) is 6.86. The minimum Gasteiger partial charge on any atom is -0.365 e. The number of fused-ring (bicyclic) bond motifs is 1. The van der Waals surface area contributed by atoms with Gasteiger partial charge in [-0.25, -0.2) is 13.2 Å². The average Bonchev–Trinajstić information content (AvgIpc) is 2.97. The van der Waals surface area contributed by atoms with Crippen molar-refractivity contribution in [3.63, 3.8) is 0 Å². The van der Waals surface area contributed by atoms with E-state index in [-0.39, 0.29) is 28.6 Å². The molecule has 1 fully saturated rings. The number of hydrogen-bond donors (Lipinski definition) is 2. The molecule has 1 atom stereocenters. The highest BCUT2D eigenvalue weighted by Gasteiger charge is 2.33. The summed E-state index contributed by atoms with van der Waals surface area (Å²) in [5.74, 6) is 0.290. The molecule has 0 radical (unpaired) electrons. The van der Waals surface area contributed by atoms with Crippen LogP contribution in [0.25, 0.3) is 10.9 Å². The molecule has 2 amide bonds. The van der Waals surface area contributed by atoms with Crippen LogP contribution in [-0.2, 0) is 11.5 Å². The van der Waals surface area contributed by atoms with Gasteiger partial charge in [-0.15, -0.1) is 0 Å². The zero-order valence-corrected chi connectivity index (χ0v) is 15.6. The molecule has 1 aliphatic rings. The van der Waals surface area contributed by atoms with Crippen molar-refractivity contribution in [3.05, 3.63) is 34.0 Å². The Labute approximate surface area is 160 Å². The molecule has 148 valence electrons. The Bertz CT molecular complexity index is 1030. The van der Waals surface area contributed by atoms with Crippen molar-refractivity contribution in [2.45, 2.75) is 39.3 Å². The number of carbonyl (C=O) groups excluding carboxylic acids is 2. The zero-order valence-electron chi connectivity index (χ0n) is 15.6. The number of carbonyl (C=O) groups is 2. The SMILES string of the molecule is CC#CC(=O)N1CCCC(c2c(F)c(F)c(C(N)=O)c3[nH]c(C)c(CF)c23)C1. The Balaban J connectivity index is 2.24. The predicted octanol–water partition coefficient (Wildman–Crippen LogP) is 3.05. The number of nitrogens with one attached hydrogen (secondary N) is 1. The number of nitrogens with zero attached hydrogens (tertiary/aromatic N) is 1. The van der Waals surface area contributed by atoms with Gasteiger partial charge in [0.1, 0.15) is 12.2 Å². The fourth-order valence-electron chi connectivity index (χ4n) is 3.96. The predicted molar refractivity (Wildman–Crippen MR) is 98.3 cm³/mol. The minimum absolute atomic E-state index is 0.0108. The van der Waals surface area contributed by atoms with Crippen molar-refractivity contribution in [2.24, 2.45) is 5.73 Å². The van der Waals surface area contributed by atoms with Crippen LogP contribution in [0.5, 0.6) is 0 Å². The topological polar surface area (TPSA) is 79.2 Å². The molecule has 3 rings (SSSR count). The van der Waals surface area contributed by atoms with Crippen LogP contribution < -0.4 is 5.73 Å². The molecule has 0 spiro atoms. The van der Waals surface area contributed by atoms with Gasteiger partial charge in [0.15, 0.2) is 11.6 Å². The van der Waals surface area contributed by atoms with Crippen molar-refractivity contribution in [3.8, 4) is 11.8 Å². The van der Waals surface area contributed by atoms with E-state index in [1.807, 2.05) is 0 Å². The molecule has 1 aliphatic heterocycles. The molecule has 5 nitrogen and oxygen atoms in total. The number of aromatic nitrogens is 1. The highest BCUT2D eigenvalue weighted by molar-refractivity contribution is 6.07. The van der Waals surface area contributed by atoms with Gasteiger partial charge >= 0.3 is 0 Å². The summed E-state index contributed by atoms with van der Waals surface area (Å²) in [6.45, 7) is 2.77. The van der Waals surface area contributed by atoms with E-state index in [0.717, 1.165) is 0 Å². The van der Waals surface area contributed by atoms with Gasteiger partial charge in [-0.3, -0.25) is 9.59 Å². The van der Waals surface area contributed by atoms with Gasteiger partial charge in [0.05, 0.1) is 5.52 Å². The average molecular weight is 391 g/mol. The number of primary amides is 1. The van der Waals surface area contributed by atoms with Gasteiger partial charge < -0.3 is 15.6 Å². The van der Waals surface area contributed by atoms with Crippen LogP contribution in [0.15, 0.2) is 0 Å². The van der Waals surface area contributed by atoms with Gasteiger partial charge in [0.25, 0.3) is 11.8 Å². The van der Waals surface area contributed by atoms with E-state index in [2.05, 4.69) is 16.8 Å². The van der Waals surface area contributed by atoms with Gasteiger partial charge in [-0.1, -0.05) is 5.92 Å². The molecule has 2 heterocycles. The number of benzene rings is 1. The van der Waals surface area contributed by atoms with Crippen LogP contribution in [0, 0.1) is 30.4 Å². The third kappa shape index (κ3) is 3.11. The zero-order chi connectivity index (χ0) is 20.6. The van der Waals surface area contributed by atoms with E-state index in [4.69, 9.17) is 5.73 Å². The maximum atomic E-state index is 15.1. The van der Waals surface area contributed by atoms with Crippen LogP contribution in [0.1, 0.15) is 52.9 Å². The molecular formula is C20H20F3N3O2. The van der Waals surface area contributed by atoms with E-state index < -0.39 is 41.6 Å². The lowest BCUT2D eigenvalue weighted by Gasteiger charge is -2.32. The molecule has 2 aromatic rings. The quantitative estimate of drug-likeness (QED) is 0.789. The van der Waals surface area contributed by atoms with Gasteiger partial charge in [0.2, 0.25) is 0 Å². The van der Waals surface area contributed by atoms with Crippen LogP contribution in [0.2, 0.25) is 0 Å². The summed E-state index contributed by atoms with van der Waals surface area (Å²) in [7, 11) is 0. The second kappa shape index (κ2) is 7.58. The monoisotopic (exact) mass is 391 g/mol. The molecule has 1 saturated heterocycles. The number of alkyl halides is 1. The number of halogens is 3. The first-order chi connectivity index (χ1) is 13.3. The third-order valence-electron chi connectivity index (χ3n) is 5.21. The van der Waals surface area contributed by atoms with Crippen LogP contribution in [0.4, 0.5) is 13.2 Å². The molecule has 8 heteroatoms. The Morgan fingerprint density at radius 3 is 2.64 bits per heavy atom. The van der Waals surface area contributed by atoms with Gasteiger partial charge in [-0.05, 0) is 32.6 Å². The number of aryl methyl sites for hydroxylation is 1. The number of hydrogen-bond acceptors (Lipinski definition) is 2. The maximum Gasteiger partial charge on any atom is 0.298 e. The van der Waals surface area contributed by atoms with Gasteiger partial charge in [-0.2, -0.15) is 0 Å². The second-order valence-corrected chi connectivity index (χ2v) is 6.86. The summed E-state index contributed by atoms with van der Waals surface area (Å²) in [5, 5.41) is 0.133. The summed E-state index contributed by atoms with van der Waals surface area (Å²) in [5.41, 5.74) is 5.10. The normalized spacial score (nSPS) is 16.8. The number of likely N-dealkylation sites (tertiary alicyclic amines) is 1. The first-order valence-corrected chi connectivity index (χ1v) is 8.91. The molecule has 3 N–H and O–H groups in total. The van der Waals surface area contributed by atoms with Crippen LogP contribution in [0.3, 0.4) is 0 Å². The fraction of sp³-hybridized carbons (Fsp3) is 0.400. The summed E-state index contributed by atoms with van der Waals surface area (Å²) in [4.78, 5) is 28.1. The number of piperidine rings is 1. The summed E-state index contributed by atoms with van der Waals surface area (Å²) in [6.07, 6.45) is 1.05. The highest BCUT2D eigenvalue weighted by Crippen LogP contribution is 2.40. The van der Waals surface area contributed by atoms with Crippen molar-refractivity contribution >= 4 is 22.7 Å². The molecule has 0 aliphatic carbocycles. The van der Waals surface area contributed by atoms with Crippen molar-refractivity contribution in [1.82, 2.24) is 9.88 Å². The Kier molecular flexibility index (Phi) is 5.36. The smallest absolute Gasteiger partial charge is 0.298 e. The largest absolute Gasteiger partial charge is 0.365 e. The fourth-order valence-corrected chi connectivity index (χ4v) is 3.96. The molecule has 0 bridgehead atoms. The Morgan fingerprint density at radius 2 is 2.04 bits per heavy atom. The number of rotatable bonds is 3. The summed E-state index contributed by atoms with van der Waals surface area (Å²) in [6, 6.07) is 0. The number of H-pyrrole nitrogens is 1. The summed E-state index contributed by atoms with van der Waals surface area (Å²) < 4.78 is 43.5. The van der Waals surface area contributed by atoms with E-state index >= 15 is 4.39 Å². The molecule has 1 aromatic heterocycles. The lowest BCUT2D eigenvalue weighted by Crippen LogP contribution is -2.38. The van der Waals surface area contributed by atoms with Gasteiger partial charge in [0, 0.05) is 41.2 Å². The third-order valence-corrected chi connectivity index (χ3v) is 5.21. The first kappa shape index (κ1) is 19.8. The van der Waals surface area contributed by atoms with Crippen molar-refractivity contribution < 1.29 is 22.8 Å². The molecule has 0 saturated carbocycles. The van der Waals surface area contributed by atoms with E-state index in [1.165, 1.54) is 11.8 Å². The molecule has 28 heavy (non-hydrogen) atoms. The minimum atomic E-state index is -1.36. The lowest BCUT2D eigenvalue weighted by molar-refractivity contribution is -0.126. The van der Waals surface area contributed by atoms with Crippen LogP contribution in [-0.4, -0.2) is 34.8 Å². The Morgan fingerprint density at radius 1 is 1.32 bits per heavy atom. The lowest BCUT2D eigenvalue weighted by atomic mass is 9.85. The van der Waals surface area contributed by atoms with E-state index in [0.29, 0.717) is 25.1 Å². The van der Waals surface area contributed by atoms with E-state index in [9.17, 15) is 18.4 Å². The highest BCUT2D eigenvalue weighted by atomic mass is 19.2.